The summed E-state index contributed by atoms with van der Waals surface area (Å²) in [5.41, 5.74) is 2.28. The summed E-state index contributed by atoms with van der Waals surface area (Å²) < 4.78 is 5.35. The first kappa shape index (κ1) is 15.0. The summed E-state index contributed by atoms with van der Waals surface area (Å²) >= 11 is 0. The number of rotatable bonds is 5. The molecule has 1 unspecified atom stereocenters. The fourth-order valence-corrected chi connectivity index (χ4v) is 2.52. The predicted octanol–water partition coefficient (Wildman–Crippen LogP) is 1.82. The zero-order valence-electron chi connectivity index (χ0n) is 12.4. The minimum Gasteiger partial charge on any atom is -0.379 e. The fourth-order valence-electron chi connectivity index (χ4n) is 2.52. The zero-order valence-corrected chi connectivity index (χ0v) is 12.4. The van der Waals surface area contributed by atoms with E-state index in [-0.39, 0.29) is 6.04 Å². The van der Waals surface area contributed by atoms with Crippen LogP contribution in [0.3, 0.4) is 0 Å². The Kier molecular flexibility index (Phi) is 5.54. The van der Waals surface area contributed by atoms with Crippen molar-refractivity contribution < 1.29 is 4.74 Å². The van der Waals surface area contributed by atoms with Gasteiger partial charge in [0.25, 0.3) is 0 Å². The first-order chi connectivity index (χ1) is 9.70. The Morgan fingerprint density at radius 2 is 2.15 bits per heavy atom. The van der Waals surface area contributed by atoms with Crippen LogP contribution in [0, 0.1) is 18.3 Å². The molecule has 1 aromatic rings. The van der Waals surface area contributed by atoms with Gasteiger partial charge in [0.1, 0.15) is 6.04 Å². The van der Waals surface area contributed by atoms with Crippen molar-refractivity contribution in [1.82, 2.24) is 9.80 Å². The van der Waals surface area contributed by atoms with E-state index in [1.165, 1.54) is 5.56 Å². The third-order valence-corrected chi connectivity index (χ3v) is 3.79. The van der Waals surface area contributed by atoms with Crippen molar-refractivity contribution in [2.75, 3.05) is 46.4 Å². The topological polar surface area (TPSA) is 39.5 Å². The van der Waals surface area contributed by atoms with Crippen LogP contribution in [-0.2, 0) is 4.74 Å². The van der Waals surface area contributed by atoms with E-state index in [0.29, 0.717) is 0 Å². The summed E-state index contributed by atoms with van der Waals surface area (Å²) in [4.78, 5) is 4.52. The van der Waals surface area contributed by atoms with Gasteiger partial charge in [0, 0.05) is 26.2 Å². The van der Waals surface area contributed by atoms with E-state index in [0.717, 1.165) is 45.0 Å². The molecule has 0 aliphatic carbocycles. The van der Waals surface area contributed by atoms with Crippen molar-refractivity contribution in [3.05, 3.63) is 35.4 Å². The number of aryl methyl sites for hydroxylation is 1. The molecule has 1 atom stereocenters. The molecule has 1 fully saturated rings. The molecule has 0 spiro atoms. The summed E-state index contributed by atoms with van der Waals surface area (Å²) in [7, 11) is 2.02. The van der Waals surface area contributed by atoms with Crippen molar-refractivity contribution >= 4 is 0 Å². The van der Waals surface area contributed by atoms with Gasteiger partial charge < -0.3 is 4.74 Å². The van der Waals surface area contributed by atoms with E-state index in [9.17, 15) is 5.26 Å². The van der Waals surface area contributed by atoms with Gasteiger partial charge in [-0.15, -0.1) is 0 Å². The first-order valence-corrected chi connectivity index (χ1v) is 7.17. The highest BCUT2D eigenvalue weighted by atomic mass is 16.5. The Morgan fingerprint density at radius 1 is 1.40 bits per heavy atom. The molecule has 0 N–H and O–H groups in total. The Bertz CT molecular complexity index is 463. The average Bonchev–Trinajstić information content (AvgIpc) is 2.47. The number of nitrogens with zero attached hydrogens (tertiary/aromatic N) is 3. The second-order valence-corrected chi connectivity index (χ2v) is 5.38. The lowest BCUT2D eigenvalue weighted by Gasteiger charge is -2.30. The summed E-state index contributed by atoms with van der Waals surface area (Å²) in [5.74, 6) is 0. The lowest BCUT2D eigenvalue weighted by Crippen LogP contribution is -2.41. The van der Waals surface area contributed by atoms with Crippen LogP contribution in [0.25, 0.3) is 0 Å². The van der Waals surface area contributed by atoms with Gasteiger partial charge in [-0.2, -0.15) is 5.26 Å². The summed E-state index contributed by atoms with van der Waals surface area (Å²) in [6.45, 7) is 7.58. The molecule has 0 radical (unpaired) electrons. The highest BCUT2D eigenvalue weighted by molar-refractivity contribution is 5.28. The van der Waals surface area contributed by atoms with Crippen LogP contribution in [0.1, 0.15) is 17.2 Å². The van der Waals surface area contributed by atoms with E-state index in [2.05, 4.69) is 34.9 Å². The van der Waals surface area contributed by atoms with Gasteiger partial charge in [-0.3, -0.25) is 9.80 Å². The van der Waals surface area contributed by atoms with Crippen molar-refractivity contribution in [1.29, 1.82) is 5.26 Å². The van der Waals surface area contributed by atoms with Crippen LogP contribution >= 0.6 is 0 Å². The molecule has 0 amide bonds. The molecule has 1 aliphatic rings. The van der Waals surface area contributed by atoms with Crippen LogP contribution < -0.4 is 0 Å². The lowest BCUT2D eigenvalue weighted by atomic mass is 10.0. The number of nitriles is 1. The molecule has 20 heavy (non-hydrogen) atoms. The van der Waals surface area contributed by atoms with Gasteiger partial charge in [0.2, 0.25) is 0 Å². The van der Waals surface area contributed by atoms with E-state index in [1.807, 2.05) is 19.2 Å². The van der Waals surface area contributed by atoms with Crippen LogP contribution in [0.15, 0.2) is 24.3 Å². The lowest BCUT2D eigenvalue weighted by molar-refractivity contribution is 0.0335. The SMILES string of the molecule is Cc1cccc(C(C#N)N(C)CCN2CCOCC2)c1. The van der Waals surface area contributed by atoms with E-state index in [4.69, 9.17) is 4.74 Å². The molecular weight excluding hydrogens is 250 g/mol. The molecule has 108 valence electrons. The molecule has 1 aromatic carbocycles. The quantitative estimate of drug-likeness (QED) is 0.820. The molecule has 0 aromatic heterocycles. The highest BCUT2D eigenvalue weighted by Gasteiger charge is 2.18. The van der Waals surface area contributed by atoms with Crippen molar-refractivity contribution in [2.24, 2.45) is 0 Å². The van der Waals surface area contributed by atoms with Crippen molar-refractivity contribution in [3.8, 4) is 6.07 Å². The van der Waals surface area contributed by atoms with Gasteiger partial charge in [-0.25, -0.2) is 0 Å². The van der Waals surface area contributed by atoms with Gasteiger partial charge in [-0.1, -0.05) is 29.8 Å². The Morgan fingerprint density at radius 3 is 2.80 bits per heavy atom. The normalized spacial score (nSPS) is 17.9. The Labute approximate surface area is 121 Å². The number of benzene rings is 1. The first-order valence-electron chi connectivity index (χ1n) is 7.17. The summed E-state index contributed by atoms with van der Waals surface area (Å²) in [6, 6.07) is 10.5. The molecule has 4 nitrogen and oxygen atoms in total. The van der Waals surface area contributed by atoms with Gasteiger partial charge in [-0.05, 0) is 19.5 Å². The molecule has 0 bridgehead atoms. The van der Waals surface area contributed by atoms with Crippen LogP contribution in [0.5, 0.6) is 0 Å². The monoisotopic (exact) mass is 273 g/mol. The van der Waals surface area contributed by atoms with E-state index < -0.39 is 0 Å². The maximum atomic E-state index is 9.45. The van der Waals surface area contributed by atoms with Gasteiger partial charge >= 0.3 is 0 Å². The highest BCUT2D eigenvalue weighted by Crippen LogP contribution is 2.19. The minimum absolute atomic E-state index is 0.170. The number of hydrogen-bond donors (Lipinski definition) is 0. The number of likely N-dealkylation sites (N-methyl/N-ethyl adjacent to an activating group) is 1. The largest absolute Gasteiger partial charge is 0.379 e. The standard InChI is InChI=1S/C16H23N3O/c1-14-4-3-5-15(12-14)16(13-17)18(2)6-7-19-8-10-20-11-9-19/h3-5,12,16H,6-11H2,1-2H3. The van der Waals surface area contributed by atoms with E-state index in [1.54, 1.807) is 0 Å². The van der Waals surface area contributed by atoms with Crippen LogP contribution in [-0.4, -0.2) is 56.2 Å². The molecule has 1 heterocycles. The molecule has 2 rings (SSSR count). The maximum absolute atomic E-state index is 9.45. The third-order valence-electron chi connectivity index (χ3n) is 3.79. The third kappa shape index (κ3) is 4.04. The Hall–Kier alpha value is -1.41. The fraction of sp³-hybridized carbons (Fsp3) is 0.562. The van der Waals surface area contributed by atoms with Gasteiger partial charge in [0.05, 0.1) is 19.3 Å². The predicted molar refractivity (Wildman–Crippen MR) is 79.4 cm³/mol. The zero-order chi connectivity index (χ0) is 14.4. The Balaban J connectivity index is 1.92. The summed E-state index contributed by atoms with van der Waals surface area (Å²) in [6.07, 6.45) is 0. The van der Waals surface area contributed by atoms with Crippen LogP contribution in [0.4, 0.5) is 0 Å². The maximum Gasteiger partial charge on any atom is 0.123 e. The van der Waals surface area contributed by atoms with Crippen molar-refractivity contribution in [2.45, 2.75) is 13.0 Å². The smallest absolute Gasteiger partial charge is 0.123 e. The molecule has 0 saturated carbocycles. The van der Waals surface area contributed by atoms with E-state index >= 15 is 0 Å². The molecular formula is C16H23N3O. The molecule has 1 saturated heterocycles. The van der Waals surface area contributed by atoms with Crippen LogP contribution in [0.2, 0.25) is 0 Å². The summed E-state index contributed by atoms with van der Waals surface area (Å²) in [5, 5.41) is 9.45. The average molecular weight is 273 g/mol. The second-order valence-electron chi connectivity index (χ2n) is 5.38. The number of ether oxygens (including phenoxy) is 1. The van der Waals surface area contributed by atoms with Crippen molar-refractivity contribution in [3.63, 3.8) is 0 Å². The number of morpholine rings is 1. The second kappa shape index (κ2) is 7.39. The minimum atomic E-state index is -0.170. The molecule has 1 aliphatic heterocycles. The number of hydrogen-bond acceptors (Lipinski definition) is 4. The van der Waals surface area contributed by atoms with Gasteiger partial charge in [0.15, 0.2) is 0 Å². The molecule has 4 heteroatoms.